The van der Waals surface area contributed by atoms with Crippen LogP contribution in [0.1, 0.15) is 53.8 Å². The zero-order chi connectivity index (χ0) is 22.1. The number of pyridine rings is 1. The molecule has 162 valence electrons. The van der Waals surface area contributed by atoms with Crippen LogP contribution in [0.5, 0.6) is 0 Å². The zero-order valence-corrected chi connectivity index (χ0v) is 17.5. The van der Waals surface area contributed by atoms with Gasteiger partial charge in [0.1, 0.15) is 11.6 Å². The van der Waals surface area contributed by atoms with E-state index < -0.39 is 17.3 Å². The summed E-state index contributed by atoms with van der Waals surface area (Å²) in [6.07, 6.45) is 2.93. The molecule has 2 aromatic carbocycles. The Kier molecular flexibility index (Phi) is 5.76. The average Bonchev–Trinajstić information content (AvgIpc) is 2.69. The maximum atomic E-state index is 14.6. The van der Waals surface area contributed by atoms with Gasteiger partial charge in [0, 0.05) is 11.9 Å². The Balaban J connectivity index is 1.83. The number of hydrogen-bond donors (Lipinski definition) is 2. The number of rotatable bonds is 6. The number of fused-ring (bicyclic) bond motifs is 1. The average molecular weight is 425 g/mol. The lowest BCUT2D eigenvalue weighted by atomic mass is 9.77. The van der Waals surface area contributed by atoms with Crippen LogP contribution in [0.15, 0.2) is 47.3 Å². The van der Waals surface area contributed by atoms with Crippen molar-refractivity contribution in [2.45, 2.75) is 39.2 Å². The molecule has 1 saturated carbocycles. The molecule has 0 spiro atoms. The van der Waals surface area contributed by atoms with Crippen LogP contribution in [0.25, 0.3) is 10.8 Å². The summed E-state index contributed by atoms with van der Waals surface area (Å²) in [4.78, 5) is 26.4. The Morgan fingerprint density at radius 3 is 2.58 bits per heavy atom. The van der Waals surface area contributed by atoms with E-state index in [4.69, 9.17) is 0 Å². The van der Waals surface area contributed by atoms with Crippen LogP contribution in [0.2, 0.25) is 0 Å². The molecule has 1 amide bonds. The highest BCUT2D eigenvalue weighted by molar-refractivity contribution is 6.08. The Morgan fingerprint density at radius 1 is 1.19 bits per heavy atom. The quantitative estimate of drug-likeness (QED) is 0.615. The van der Waals surface area contributed by atoms with Crippen molar-refractivity contribution in [2.24, 2.45) is 5.92 Å². The number of carbonyl (C=O) groups excluding carboxylic acids is 1. The van der Waals surface area contributed by atoms with Crippen molar-refractivity contribution < 1.29 is 13.6 Å². The fraction of sp³-hybridized carbons (Fsp3) is 0.333. The monoisotopic (exact) mass is 425 g/mol. The normalized spacial score (nSPS) is 14.8. The van der Waals surface area contributed by atoms with Crippen molar-refractivity contribution in [1.82, 2.24) is 9.99 Å². The van der Waals surface area contributed by atoms with E-state index in [1.165, 1.54) is 28.9 Å². The number of carbonyl (C=O) groups is 1. The van der Waals surface area contributed by atoms with Crippen molar-refractivity contribution in [3.05, 3.63) is 81.3 Å². The number of halogens is 2. The number of hydrogen-bond acceptors (Lipinski definition) is 3. The van der Waals surface area contributed by atoms with E-state index in [0.717, 1.165) is 19.3 Å². The molecule has 4 rings (SSSR count). The second-order valence-electron chi connectivity index (χ2n) is 7.97. The van der Waals surface area contributed by atoms with Crippen LogP contribution in [0.3, 0.4) is 0 Å². The third-order valence-electron chi connectivity index (χ3n) is 6.06. The molecule has 1 atom stereocenters. The smallest absolute Gasteiger partial charge is 0.279 e. The first kappa shape index (κ1) is 21.0. The van der Waals surface area contributed by atoms with Gasteiger partial charge in [-0.05, 0) is 56.4 Å². The SMILES string of the molecule is CCNn1c(C)c(C(=O)NC(c2cccc(F)c2)C2CCC2)c2cccc(F)c2c1=O. The lowest BCUT2D eigenvalue weighted by Gasteiger charge is -2.35. The van der Waals surface area contributed by atoms with Crippen molar-refractivity contribution in [3.8, 4) is 0 Å². The maximum Gasteiger partial charge on any atom is 0.279 e. The van der Waals surface area contributed by atoms with E-state index in [-0.39, 0.29) is 34.1 Å². The maximum absolute atomic E-state index is 14.6. The Hall–Kier alpha value is -3.22. The van der Waals surface area contributed by atoms with Crippen LogP contribution < -0.4 is 16.3 Å². The van der Waals surface area contributed by atoms with E-state index in [1.807, 2.05) is 6.92 Å². The number of benzene rings is 2. The fourth-order valence-electron chi connectivity index (χ4n) is 4.32. The molecular formula is C24H25F2N3O2. The standard InChI is InChI=1S/C24H25F2N3O2/c1-3-27-29-14(2)20(18-11-6-12-19(26)21(18)24(29)31)23(30)28-22(15-7-4-8-15)16-9-5-10-17(25)13-16/h5-6,9-13,15,22,27H,3-4,7-8H2,1-2H3,(H,28,30). The summed E-state index contributed by atoms with van der Waals surface area (Å²) >= 11 is 0. The molecule has 1 aliphatic carbocycles. The van der Waals surface area contributed by atoms with Gasteiger partial charge < -0.3 is 10.7 Å². The second kappa shape index (κ2) is 8.49. The highest BCUT2D eigenvalue weighted by Crippen LogP contribution is 2.38. The summed E-state index contributed by atoms with van der Waals surface area (Å²) in [7, 11) is 0. The molecular weight excluding hydrogens is 400 g/mol. The van der Waals surface area contributed by atoms with Gasteiger partial charge in [-0.25, -0.2) is 13.5 Å². The first-order valence-electron chi connectivity index (χ1n) is 10.6. The van der Waals surface area contributed by atoms with Crippen molar-refractivity contribution in [3.63, 3.8) is 0 Å². The molecule has 0 aliphatic heterocycles. The summed E-state index contributed by atoms with van der Waals surface area (Å²) in [6.45, 7) is 3.90. The number of aromatic nitrogens is 1. The van der Waals surface area contributed by atoms with E-state index in [0.29, 0.717) is 17.8 Å². The minimum Gasteiger partial charge on any atom is -0.345 e. The highest BCUT2D eigenvalue weighted by atomic mass is 19.1. The molecule has 5 nitrogen and oxygen atoms in total. The van der Waals surface area contributed by atoms with E-state index in [1.54, 1.807) is 25.1 Å². The van der Waals surface area contributed by atoms with Crippen molar-refractivity contribution in [1.29, 1.82) is 0 Å². The second-order valence-corrected chi connectivity index (χ2v) is 7.97. The Bertz CT molecular complexity index is 1200. The first-order chi connectivity index (χ1) is 14.9. The number of amides is 1. The topological polar surface area (TPSA) is 63.1 Å². The molecule has 1 aromatic heterocycles. The molecule has 31 heavy (non-hydrogen) atoms. The van der Waals surface area contributed by atoms with Gasteiger partial charge in [-0.2, -0.15) is 0 Å². The van der Waals surface area contributed by atoms with Gasteiger partial charge >= 0.3 is 0 Å². The van der Waals surface area contributed by atoms with Crippen molar-refractivity contribution >= 4 is 16.7 Å². The summed E-state index contributed by atoms with van der Waals surface area (Å²) in [5.74, 6) is -1.25. The van der Waals surface area contributed by atoms with Crippen LogP contribution in [0.4, 0.5) is 8.78 Å². The van der Waals surface area contributed by atoms with Gasteiger partial charge in [0.2, 0.25) is 0 Å². The van der Waals surface area contributed by atoms with Gasteiger partial charge in [-0.15, -0.1) is 0 Å². The molecule has 1 aliphatic rings. The molecule has 1 heterocycles. The van der Waals surface area contributed by atoms with E-state index in [9.17, 15) is 18.4 Å². The summed E-state index contributed by atoms with van der Waals surface area (Å²) in [5, 5.41) is 3.18. The third-order valence-corrected chi connectivity index (χ3v) is 6.06. The van der Waals surface area contributed by atoms with Gasteiger partial charge in [0.15, 0.2) is 0 Å². The van der Waals surface area contributed by atoms with Crippen LogP contribution in [-0.2, 0) is 0 Å². The molecule has 1 fully saturated rings. The van der Waals surface area contributed by atoms with Crippen molar-refractivity contribution in [2.75, 3.05) is 12.0 Å². The van der Waals surface area contributed by atoms with Crippen LogP contribution in [0, 0.1) is 24.5 Å². The lowest BCUT2D eigenvalue weighted by molar-refractivity contribution is 0.0900. The van der Waals surface area contributed by atoms with Crippen LogP contribution >= 0.6 is 0 Å². The minimum absolute atomic E-state index is 0.134. The zero-order valence-electron chi connectivity index (χ0n) is 17.5. The summed E-state index contributed by atoms with van der Waals surface area (Å²) in [5.41, 5.74) is 3.70. The predicted octanol–water partition coefficient (Wildman–Crippen LogP) is 4.42. The lowest BCUT2D eigenvalue weighted by Crippen LogP contribution is -2.39. The summed E-state index contributed by atoms with van der Waals surface area (Å²) < 4.78 is 29.7. The molecule has 3 aromatic rings. The van der Waals surface area contributed by atoms with E-state index in [2.05, 4.69) is 10.7 Å². The molecule has 0 saturated heterocycles. The molecule has 2 N–H and O–H groups in total. The first-order valence-corrected chi connectivity index (χ1v) is 10.6. The van der Waals surface area contributed by atoms with E-state index >= 15 is 0 Å². The molecule has 0 radical (unpaired) electrons. The summed E-state index contributed by atoms with van der Waals surface area (Å²) in [6, 6.07) is 10.2. The largest absolute Gasteiger partial charge is 0.345 e. The number of nitrogens with zero attached hydrogens (tertiary/aromatic N) is 1. The third kappa shape index (κ3) is 3.80. The predicted molar refractivity (Wildman–Crippen MR) is 117 cm³/mol. The van der Waals surface area contributed by atoms with Gasteiger partial charge in [-0.3, -0.25) is 9.59 Å². The number of nitrogens with one attached hydrogen (secondary N) is 2. The van der Waals surface area contributed by atoms with Gasteiger partial charge in [-0.1, -0.05) is 30.7 Å². The van der Waals surface area contributed by atoms with Gasteiger partial charge in [0.05, 0.1) is 22.7 Å². The Labute approximate surface area is 179 Å². The highest BCUT2D eigenvalue weighted by Gasteiger charge is 2.31. The van der Waals surface area contributed by atoms with Gasteiger partial charge in [0.25, 0.3) is 11.5 Å². The minimum atomic E-state index is -0.677. The Morgan fingerprint density at radius 2 is 1.94 bits per heavy atom. The van der Waals surface area contributed by atoms with Crippen LogP contribution in [-0.4, -0.2) is 17.1 Å². The molecule has 7 heteroatoms. The molecule has 1 unspecified atom stereocenters. The molecule has 0 bridgehead atoms. The fourth-order valence-corrected chi connectivity index (χ4v) is 4.32.